The number of rotatable bonds is 7. The highest BCUT2D eigenvalue weighted by molar-refractivity contribution is 7.90. The van der Waals surface area contributed by atoms with Crippen LogP contribution in [0.4, 0.5) is 0 Å². The van der Waals surface area contributed by atoms with Crippen LogP contribution in [-0.2, 0) is 16.4 Å². The number of benzene rings is 1. The lowest BCUT2D eigenvalue weighted by Gasteiger charge is -2.27. The van der Waals surface area contributed by atoms with Crippen molar-refractivity contribution in [3.05, 3.63) is 54.6 Å². The molecule has 9 nitrogen and oxygen atoms in total. The molecule has 0 amide bonds. The van der Waals surface area contributed by atoms with E-state index in [0.29, 0.717) is 11.8 Å². The molecule has 10 heteroatoms. The van der Waals surface area contributed by atoms with Crippen molar-refractivity contribution in [1.82, 2.24) is 25.0 Å². The van der Waals surface area contributed by atoms with Gasteiger partial charge in [-0.2, -0.15) is 0 Å². The lowest BCUT2D eigenvalue weighted by atomic mass is 9.93. The van der Waals surface area contributed by atoms with Gasteiger partial charge in [0.2, 0.25) is 0 Å². The quantitative estimate of drug-likeness (QED) is 0.564. The lowest BCUT2D eigenvalue weighted by Crippen LogP contribution is -2.26. The average molecular weight is 430 g/mol. The maximum absolute atomic E-state index is 11.5. The van der Waals surface area contributed by atoms with Crippen LogP contribution in [0.3, 0.4) is 0 Å². The van der Waals surface area contributed by atoms with Crippen LogP contribution in [0.5, 0.6) is 11.8 Å². The summed E-state index contributed by atoms with van der Waals surface area (Å²) < 4.78 is 36.5. The van der Waals surface area contributed by atoms with Gasteiger partial charge in [0.15, 0.2) is 9.84 Å². The molecule has 0 unspecified atom stereocenters. The molecular formula is C20H23N5O4S. The van der Waals surface area contributed by atoms with E-state index >= 15 is 0 Å². The third kappa shape index (κ3) is 5.12. The van der Waals surface area contributed by atoms with Crippen molar-refractivity contribution in [1.29, 1.82) is 0 Å². The Labute approximate surface area is 175 Å². The number of ether oxygens (including phenoxy) is 2. The Morgan fingerprint density at radius 2 is 1.77 bits per heavy atom. The van der Waals surface area contributed by atoms with Crippen LogP contribution in [-0.4, -0.2) is 45.7 Å². The van der Waals surface area contributed by atoms with Crippen molar-refractivity contribution in [3.8, 4) is 11.8 Å². The topological polar surface area (TPSA) is 109 Å². The van der Waals surface area contributed by atoms with Gasteiger partial charge >= 0.3 is 6.01 Å². The molecule has 1 fully saturated rings. The van der Waals surface area contributed by atoms with Crippen molar-refractivity contribution in [2.75, 3.05) is 6.26 Å². The van der Waals surface area contributed by atoms with E-state index in [1.54, 1.807) is 30.6 Å². The Balaban J connectivity index is 1.27. The Morgan fingerprint density at radius 1 is 1.07 bits per heavy atom. The van der Waals surface area contributed by atoms with Crippen LogP contribution >= 0.6 is 0 Å². The molecule has 1 aromatic carbocycles. The Morgan fingerprint density at radius 3 is 2.43 bits per heavy atom. The molecule has 0 bridgehead atoms. The summed E-state index contributed by atoms with van der Waals surface area (Å²) in [5.41, 5.74) is 0.721. The van der Waals surface area contributed by atoms with Gasteiger partial charge in [-0.15, -0.1) is 5.10 Å². The second-order valence-corrected chi connectivity index (χ2v) is 9.32. The standard InChI is InChI=1S/C20H23N5O4S/c1-30(26,27)19-9-7-17(8-10-19)28-14-15-13-25(24-23-15)16-3-5-18(6-4-16)29-20-21-11-2-12-22-20/h2,7-13,16,18H,3-6,14H2,1H3. The Hall–Kier alpha value is -3.01. The first-order valence-electron chi connectivity index (χ1n) is 9.75. The van der Waals surface area contributed by atoms with Crippen molar-refractivity contribution in [3.63, 3.8) is 0 Å². The number of hydrogen-bond donors (Lipinski definition) is 0. The number of hydrogen-bond acceptors (Lipinski definition) is 8. The van der Waals surface area contributed by atoms with E-state index in [-0.39, 0.29) is 23.6 Å². The van der Waals surface area contributed by atoms with Gasteiger partial charge in [0.25, 0.3) is 0 Å². The van der Waals surface area contributed by atoms with Crippen LogP contribution in [0.15, 0.2) is 53.8 Å². The molecule has 0 spiro atoms. The summed E-state index contributed by atoms with van der Waals surface area (Å²) in [6, 6.07) is 8.80. The van der Waals surface area contributed by atoms with E-state index in [0.717, 1.165) is 31.4 Å². The highest BCUT2D eigenvalue weighted by Crippen LogP contribution is 2.29. The maximum Gasteiger partial charge on any atom is 0.316 e. The summed E-state index contributed by atoms with van der Waals surface area (Å²) in [4.78, 5) is 8.49. The Bertz CT molecular complexity index is 1060. The minimum absolute atomic E-state index is 0.116. The third-order valence-corrected chi connectivity index (χ3v) is 6.16. The van der Waals surface area contributed by atoms with E-state index in [1.165, 1.54) is 18.4 Å². The monoisotopic (exact) mass is 429 g/mol. The third-order valence-electron chi connectivity index (χ3n) is 5.03. The molecule has 2 aromatic heterocycles. The molecule has 4 rings (SSSR count). The summed E-state index contributed by atoms with van der Waals surface area (Å²) in [6.45, 7) is 0.266. The van der Waals surface area contributed by atoms with Gasteiger partial charge in [-0.25, -0.2) is 23.1 Å². The lowest BCUT2D eigenvalue weighted by molar-refractivity contribution is 0.118. The Kier molecular flexibility index (Phi) is 5.93. The normalized spacial score (nSPS) is 19.4. The van der Waals surface area contributed by atoms with E-state index < -0.39 is 9.84 Å². The van der Waals surface area contributed by atoms with Crippen molar-refractivity contribution in [2.24, 2.45) is 0 Å². The SMILES string of the molecule is CS(=O)(=O)c1ccc(OCc2cn(C3CCC(Oc4ncccn4)CC3)nn2)cc1. The van der Waals surface area contributed by atoms with Crippen molar-refractivity contribution >= 4 is 9.84 Å². The molecule has 30 heavy (non-hydrogen) atoms. The summed E-state index contributed by atoms with van der Waals surface area (Å²) in [5.74, 6) is 0.581. The summed E-state index contributed by atoms with van der Waals surface area (Å²) >= 11 is 0. The van der Waals surface area contributed by atoms with E-state index in [1.807, 2.05) is 10.9 Å². The van der Waals surface area contributed by atoms with Crippen LogP contribution in [0.1, 0.15) is 37.4 Å². The van der Waals surface area contributed by atoms with Gasteiger partial charge in [0, 0.05) is 18.6 Å². The van der Waals surface area contributed by atoms with Crippen molar-refractivity contribution < 1.29 is 17.9 Å². The highest BCUT2D eigenvalue weighted by atomic mass is 32.2. The van der Waals surface area contributed by atoms with Gasteiger partial charge in [-0.05, 0) is 56.0 Å². The molecule has 0 aliphatic heterocycles. The molecule has 2 heterocycles. The van der Waals surface area contributed by atoms with Gasteiger partial charge in [-0.3, -0.25) is 0 Å². The van der Waals surface area contributed by atoms with Gasteiger partial charge in [0.05, 0.1) is 17.1 Å². The fourth-order valence-corrected chi connectivity index (χ4v) is 4.05. The molecule has 1 aliphatic rings. The molecule has 3 aromatic rings. The number of nitrogens with zero attached hydrogens (tertiary/aromatic N) is 5. The fourth-order valence-electron chi connectivity index (χ4n) is 3.42. The van der Waals surface area contributed by atoms with Crippen LogP contribution < -0.4 is 9.47 Å². The first-order valence-corrected chi connectivity index (χ1v) is 11.6. The molecule has 0 saturated heterocycles. The zero-order chi connectivity index (χ0) is 21.0. The second-order valence-electron chi connectivity index (χ2n) is 7.30. The van der Waals surface area contributed by atoms with Crippen molar-refractivity contribution in [2.45, 2.75) is 49.3 Å². The van der Waals surface area contributed by atoms with Gasteiger partial charge < -0.3 is 9.47 Å². The van der Waals surface area contributed by atoms with E-state index in [2.05, 4.69) is 20.3 Å². The molecular weight excluding hydrogens is 406 g/mol. The smallest absolute Gasteiger partial charge is 0.316 e. The molecule has 0 radical (unpaired) electrons. The largest absolute Gasteiger partial charge is 0.487 e. The molecule has 0 atom stereocenters. The van der Waals surface area contributed by atoms with Crippen LogP contribution in [0, 0.1) is 0 Å². The summed E-state index contributed by atoms with van der Waals surface area (Å²) in [5, 5.41) is 8.44. The number of aromatic nitrogens is 5. The summed E-state index contributed by atoms with van der Waals surface area (Å²) in [7, 11) is -3.21. The van der Waals surface area contributed by atoms with Gasteiger partial charge in [0.1, 0.15) is 24.2 Å². The van der Waals surface area contributed by atoms with E-state index in [4.69, 9.17) is 9.47 Å². The molecule has 158 valence electrons. The molecule has 1 saturated carbocycles. The zero-order valence-electron chi connectivity index (χ0n) is 16.6. The minimum atomic E-state index is -3.21. The first kappa shape index (κ1) is 20.3. The first-order chi connectivity index (χ1) is 14.5. The fraction of sp³-hybridized carbons (Fsp3) is 0.400. The summed E-state index contributed by atoms with van der Waals surface area (Å²) in [6.07, 6.45) is 10.2. The molecule has 0 N–H and O–H groups in total. The van der Waals surface area contributed by atoms with Crippen LogP contribution in [0.2, 0.25) is 0 Å². The van der Waals surface area contributed by atoms with Crippen LogP contribution in [0.25, 0.3) is 0 Å². The zero-order valence-corrected chi connectivity index (χ0v) is 17.4. The maximum atomic E-state index is 11.5. The second kappa shape index (κ2) is 8.78. The minimum Gasteiger partial charge on any atom is -0.487 e. The molecule has 1 aliphatic carbocycles. The average Bonchev–Trinajstić information content (AvgIpc) is 3.22. The predicted octanol–water partition coefficient (Wildman–Crippen LogP) is 2.61. The predicted molar refractivity (Wildman–Crippen MR) is 108 cm³/mol. The van der Waals surface area contributed by atoms with E-state index in [9.17, 15) is 8.42 Å². The highest BCUT2D eigenvalue weighted by Gasteiger charge is 2.25. The van der Waals surface area contributed by atoms with Gasteiger partial charge in [-0.1, -0.05) is 5.21 Å². The number of sulfone groups is 1.